The number of amides is 1. The van der Waals surface area contributed by atoms with Crippen LogP contribution in [0.25, 0.3) is 0 Å². The van der Waals surface area contributed by atoms with Crippen molar-refractivity contribution < 1.29 is 13.2 Å². The first-order valence-electron chi connectivity index (χ1n) is 9.41. The molecule has 2 N–H and O–H groups in total. The summed E-state index contributed by atoms with van der Waals surface area (Å²) in [5.74, 6) is -0.164. The first kappa shape index (κ1) is 21.9. The molecule has 0 aliphatic carbocycles. The number of benzene rings is 2. The highest BCUT2D eigenvalue weighted by molar-refractivity contribution is 7.92. The van der Waals surface area contributed by atoms with Crippen LogP contribution in [0.5, 0.6) is 0 Å². The number of hydrogen-bond donors (Lipinski definition) is 2. The summed E-state index contributed by atoms with van der Waals surface area (Å²) in [7, 11) is -3.34. The van der Waals surface area contributed by atoms with Crippen LogP contribution in [0.2, 0.25) is 0 Å². The molecule has 0 fully saturated rings. The normalized spacial score (nSPS) is 12.6. The minimum Gasteiger partial charge on any atom is -0.346 e. The molecule has 1 amide bonds. The van der Waals surface area contributed by atoms with Crippen LogP contribution >= 0.6 is 0 Å². The van der Waals surface area contributed by atoms with E-state index in [0.29, 0.717) is 11.3 Å². The molecule has 0 spiro atoms. The molecule has 0 bridgehead atoms. The molecule has 1 atom stereocenters. The van der Waals surface area contributed by atoms with Gasteiger partial charge >= 0.3 is 0 Å². The van der Waals surface area contributed by atoms with Crippen LogP contribution in [-0.2, 0) is 16.6 Å². The SMILES string of the molecule is CCN(CC)Cc1ccc(C(=O)NC(C)c2cccc(NS(C)(=O)=O)c2)cc1. The van der Waals surface area contributed by atoms with Gasteiger partial charge in [-0.3, -0.25) is 14.4 Å². The highest BCUT2D eigenvalue weighted by Gasteiger charge is 2.13. The van der Waals surface area contributed by atoms with Crippen LogP contribution in [0.4, 0.5) is 5.69 Å². The molecule has 0 aliphatic rings. The highest BCUT2D eigenvalue weighted by atomic mass is 32.2. The molecule has 0 aliphatic heterocycles. The molecule has 2 aromatic carbocycles. The summed E-state index contributed by atoms with van der Waals surface area (Å²) in [4.78, 5) is 14.9. The first-order chi connectivity index (χ1) is 13.2. The maximum atomic E-state index is 12.6. The smallest absolute Gasteiger partial charge is 0.251 e. The Bertz CT molecular complexity index is 891. The van der Waals surface area contributed by atoms with E-state index in [1.807, 2.05) is 37.3 Å². The molecule has 2 rings (SSSR count). The largest absolute Gasteiger partial charge is 0.346 e. The lowest BCUT2D eigenvalue weighted by Crippen LogP contribution is -2.27. The third kappa shape index (κ3) is 6.65. The van der Waals surface area contributed by atoms with Gasteiger partial charge in [0, 0.05) is 17.8 Å². The molecular formula is C21H29N3O3S. The van der Waals surface area contributed by atoms with Crippen molar-refractivity contribution in [3.8, 4) is 0 Å². The molecule has 0 saturated heterocycles. The Morgan fingerprint density at radius 2 is 1.71 bits per heavy atom. The average molecular weight is 404 g/mol. The topological polar surface area (TPSA) is 78.5 Å². The van der Waals surface area contributed by atoms with Crippen molar-refractivity contribution in [3.63, 3.8) is 0 Å². The number of carbonyl (C=O) groups is 1. The Hall–Kier alpha value is -2.38. The maximum absolute atomic E-state index is 12.6. The summed E-state index contributed by atoms with van der Waals surface area (Å²) in [5, 5.41) is 2.96. The zero-order chi connectivity index (χ0) is 20.7. The lowest BCUT2D eigenvalue weighted by Gasteiger charge is -2.18. The third-order valence-electron chi connectivity index (χ3n) is 4.55. The van der Waals surface area contributed by atoms with E-state index < -0.39 is 10.0 Å². The lowest BCUT2D eigenvalue weighted by molar-refractivity contribution is 0.0940. The van der Waals surface area contributed by atoms with Gasteiger partial charge in [-0.1, -0.05) is 38.1 Å². The van der Waals surface area contributed by atoms with Crippen molar-refractivity contribution in [2.75, 3.05) is 24.1 Å². The van der Waals surface area contributed by atoms with Crippen molar-refractivity contribution in [2.24, 2.45) is 0 Å². The second-order valence-corrected chi connectivity index (χ2v) is 8.60. The second-order valence-electron chi connectivity index (χ2n) is 6.85. The summed E-state index contributed by atoms with van der Waals surface area (Å²) < 4.78 is 25.2. The second kappa shape index (κ2) is 9.71. The molecule has 6 nitrogen and oxygen atoms in total. The van der Waals surface area contributed by atoms with Crippen LogP contribution in [0.1, 0.15) is 48.3 Å². The molecule has 0 aromatic heterocycles. The van der Waals surface area contributed by atoms with E-state index in [1.165, 1.54) is 5.56 Å². The van der Waals surface area contributed by atoms with E-state index in [0.717, 1.165) is 31.5 Å². The standard InChI is InChI=1S/C21H29N3O3S/c1-5-24(6-2)15-17-10-12-18(13-11-17)21(25)22-16(3)19-8-7-9-20(14-19)23-28(4,26)27/h7-14,16,23H,5-6,15H2,1-4H3,(H,22,25). The minimum absolute atomic E-state index is 0.164. The zero-order valence-electron chi connectivity index (χ0n) is 16.9. The van der Waals surface area contributed by atoms with E-state index in [1.54, 1.807) is 18.2 Å². The fourth-order valence-electron chi connectivity index (χ4n) is 2.92. The van der Waals surface area contributed by atoms with E-state index >= 15 is 0 Å². The molecular weight excluding hydrogens is 374 g/mol. The van der Waals surface area contributed by atoms with Gasteiger partial charge in [0.15, 0.2) is 0 Å². The number of nitrogens with zero attached hydrogens (tertiary/aromatic N) is 1. The van der Waals surface area contributed by atoms with Gasteiger partial charge in [-0.2, -0.15) is 0 Å². The quantitative estimate of drug-likeness (QED) is 0.673. The van der Waals surface area contributed by atoms with Crippen molar-refractivity contribution in [2.45, 2.75) is 33.4 Å². The average Bonchev–Trinajstić information content (AvgIpc) is 2.65. The van der Waals surface area contributed by atoms with Crippen molar-refractivity contribution in [1.82, 2.24) is 10.2 Å². The van der Waals surface area contributed by atoms with Gasteiger partial charge in [0.25, 0.3) is 5.91 Å². The van der Waals surface area contributed by atoms with E-state index in [4.69, 9.17) is 0 Å². The van der Waals surface area contributed by atoms with Crippen LogP contribution < -0.4 is 10.0 Å². The van der Waals surface area contributed by atoms with Crippen LogP contribution in [-0.4, -0.2) is 38.6 Å². The number of anilines is 1. The molecule has 0 saturated carbocycles. The summed E-state index contributed by atoms with van der Waals surface area (Å²) in [6.45, 7) is 8.98. The molecule has 152 valence electrons. The molecule has 28 heavy (non-hydrogen) atoms. The molecule has 7 heteroatoms. The molecule has 0 radical (unpaired) electrons. The van der Waals surface area contributed by atoms with Crippen LogP contribution in [0.15, 0.2) is 48.5 Å². The maximum Gasteiger partial charge on any atom is 0.251 e. The predicted octanol–water partition coefficient (Wildman–Crippen LogP) is 3.39. The van der Waals surface area contributed by atoms with E-state index in [9.17, 15) is 13.2 Å². The molecule has 0 heterocycles. The highest BCUT2D eigenvalue weighted by Crippen LogP contribution is 2.19. The van der Waals surface area contributed by atoms with Gasteiger partial charge in [0.05, 0.1) is 12.3 Å². The van der Waals surface area contributed by atoms with E-state index in [-0.39, 0.29) is 11.9 Å². The predicted molar refractivity (Wildman–Crippen MR) is 114 cm³/mol. The van der Waals surface area contributed by atoms with Crippen molar-refractivity contribution >= 4 is 21.6 Å². The van der Waals surface area contributed by atoms with Gasteiger partial charge in [-0.15, -0.1) is 0 Å². The summed E-state index contributed by atoms with van der Waals surface area (Å²) in [5.41, 5.74) is 3.07. The fourth-order valence-corrected chi connectivity index (χ4v) is 3.47. The van der Waals surface area contributed by atoms with Crippen molar-refractivity contribution in [3.05, 3.63) is 65.2 Å². The molecule has 1 unspecified atom stereocenters. The van der Waals surface area contributed by atoms with Gasteiger partial charge in [-0.05, 0) is 55.4 Å². The van der Waals surface area contributed by atoms with Gasteiger partial charge in [0.2, 0.25) is 10.0 Å². The Morgan fingerprint density at radius 1 is 1.07 bits per heavy atom. The lowest BCUT2D eigenvalue weighted by atomic mass is 10.1. The Balaban J connectivity index is 2.03. The van der Waals surface area contributed by atoms with Gasteiger partial charge < -0.3 is 5.32 Å². The first-order valence-corrected chi connectivity index (χ1v) is 11.3. The Morgan fingerprint density at radius 3 is 2.29 bits per heavy atom. The Kier molecular flexibility index (Phi) is 7.60. The Labute approximate surface area is 168 Å². The van der Waals surface area contributed by atoms with Crippen LogP contribution in [0.3, 0.4) is 0 Å². The van der Waals surface area contributed by atoms with E-state index in [2.05, 4.69) is 28.8 Å². The number of carbonyl (C=O) groups excluding carboxylic acids is 1. The summed E-state index contributed by atoms with van der Waals surface area (Å²) in [6, 6.07) is 14.4. The number of hydrogen-bond acceptors (Lipinski definition) is 4. The minimum atomic E-state index is -3.34. The summed E-state index contributed by atoms with van der Waals surface area (Å²) in [6.07, 6.45) is 1.11. The van der Waals surface area contributed by atoms with Gasteiger partial charge in [-0.25, -0.2) is 8.42 Å². The van der Waals surface area contributed by atoms with Crippen molar-refractivity contribution in [1.29, 1.82) is 0 Å². The fraction of sp³-hybridized carbons (Fsp3) is 0.381. The number of rotatable bonds is 9. The zero-order valence-corrected chi connectivity index (χ0v) is 17.7. The van der Waals surface area contributed by atoms with Gasteiger partial charge in [0.1, 0.15) is 0 Å². The third-order valence-corrected chi connectivity index (χ3v) is 5.16. The number of nitrogens with one attached hydrogen (secondary N) is 2. The molecule has 2 aromatic rings. The summed E-state index contributed by atoms with van der Waals surface area (Å²) >= 11 is 0. The monoisotopic (exact) mass is 403 g/mol. The number of sulfonamides is 1. The van der Waals surface area contributed by atoms with Crippen LogP contribution in [0, 0.1) is 0 Å².